The molecule has 0 spiro atoms. The molecule has 46 valence electrons. The van der Waals surface area contributed by atoms with Gasteiger partial charge in [0.25, 0.3) is 0 Å². The highest BCUT2D eigenvalue weighted by molar-refractivity contribution is 7.87. The lowest BCUT2D eigenvalue weighted by Crippen LogP contribution is -2.02. The topological polar surface area (TPSA) is 29.1 Å². The highest BCUT2D eigenvalue weighted by Crippen LogP contribution is 2.23. The molecule has 0 fully saturated rings. The molecule has 2 nitrogen and oxygen atoms in total. The lowest BCUT2D eigenvalue weighted by Gasteiger charge is -1.88. The van der Waals surface area contributed by atoms with Crippen LogP contribution in [0.2, 0.25) is 0 Å². The second-order valence-electron chi connectivity index (χ2n) is 1.88. The van der Waals surface area contributed by atoms with E-state index < -0.39 is 11.0 Å². The summed E-state index contributed by atoms with van der Waals surface area (Å²) in [5, 5.41) is 0. The minimum atomic E-state index is -0.972. The van der Waals surface area contributed by atoms with Gasteiger partial charge in [0.15, 0.2) is 0 Å². The Balaban J connectivity index is 2.53. The number of hydrogen-bond donors (Lipinski definition) is 1. The van der Waals surface area contributed by atoms with Crippen LogP contribution in [0.3, 0.4) is 0 Å². The van der Waals surface area contributed by atoms with Gasteiger partial charge in [-0.3, -0.25) is 0 Å². The summed E-state index contributed by atoms with van der Waals surface area (Å²) in [5.74, 6) is 0. The number of fused-ring (bicyclic) bond motifs is 1. The zero-order valence-electron chi connectivity index (χ0n) is 4.63. The predicted molar refractivity (Wildman–Crippen MR) is 36.6 cm³/mol. The van der Waals surface area contributed by atoms with Gasteiger partial charge < -0.3 is 4.72 Å². The number of nitrogens with one attached hydrogen (secondary N) is 1. The van der Waals surface area contributed by atoms with E-state index in [1.54, 1.807) is 6.20 Å². The maximum Gasteiger partial charge on any atom is 0.150 e. The van der Waals surface area contributed by atoms with E-state index in [1.807, 2.05) is 18.2 Å². The standard InChI is InChI=1S/C6H5NOS/c8-9-6-3-1-2-5(6)4-7-9/h1-4,7H. The van der Waals surface area contributed by atoms with Crippen molar-refractivity contribution in [2.45, 2.75) is 0 Å². The lowest BCUT2D eigenvalue weighted by atomic mass is 10.3. The average molecular weight is 139 g/mol. The Bertz CT molecular complexity index is 262. The molecule has 0 amide bonds. The monoisotopic (exact) mass is 139 g/mol. The van der Waals surface area contributed by atoms with Crippen LogP contribution in [0.25, 0.3) is 0 Å². The quantitative estimate of drug-likeness (QED) is 0.523. The molecule has 1 heterocycles. The molecule has 9 heavy (non-hydrogen) atoms. The van der Waals surface area contributed by atoms with Crippen LogP contribution in [0, 0.1) is 0 Å². The van der Waals surface area contributed by atoms with Crippen LogP contribution in [-0.2, 0) is 11.0 Å². The van der Waals surface area contributed by atoms with Crippen molar-refractivity contribution < 1.29 is 4.21 Å². The molecular weight excluding hydrogens is 134 g/mol. The number of hydrogen-bond acceptors (Lipinski definition) is 1. The summed E-state index contributed by atoms with van der Waals surface area (Å²) in [4.78, 5) is 0.898. The van der Waals surface area contributed by atoms with Gasteiger partial charge in [0, 0.05) is 11.8 Å². The minimum absolute atomic E-state index is 0.898. The third-order valence-corrected chi connectivity index (χ3v) is 2.43. The molecule has 1 N–H and O–H groups in total. The normalized spacial score (nSPS) is 29.1. The smallest absolute Gasteiger partial charge is 0.150 e. The average Bonchev–Trinajstić information content (AvgIpc) is 2.35. The summed E-state index contributed by atoms with van der Waals surface area (Å²) in [6.07, 6.45) is 7.47. The highest BCUT2D eigenvalue weighted by Gasteiger charge is 2.18. The van der Waals surface area contributed by atoms with Crippen LogP contribution in [0.15, 0.2) is 34.9 Å². The molecular formula is C6H5NOS. The van der Waals surface area contributed by atoms with E-state index in [0.717, 1.165) is 10.5 Å². The fraction of sp³-hybridized carbons (Fsp3) is 0. The Morgan fingerprint density at radius 2 is 2.44 bits per heavy atom. The number of allylic oxidation sites excluding steroid dienone is 4. The molecule has 3 heteroatoms. The van der Waals surface area contributed by atoms with E-state index in [-0.39, 0.29) is 0 Å². The van der Waals surface area contributed by atoms with Gasteiger partial charge in [-0.05, 0) is 6.08 Å². The first-order valence-corrected chi connectivity index (χ1v) is 3.80. The molecule has 0 saturated heterocycles. The van der Waals surface area contributed by atoms with Gasteiger partial charge >= 0.3 is 0 Å². The third kappa shape index (κ3) is 0.580. The van der Waals surface area contributed by atoms with Crippen LogP contribution in [0.4, 0.5) is 0 Å². The molecule has 1 aliphatic carbocycles. The molecule has 1 aliphatic heterocycles. The van der Waals surface area contributed by atoms with Crippen LogP contribution >= 0.6 is 0 Å². The van der Waals surface area contributed by atoms with Gasteiger partial charge in [-0.25, -0.2) is 4.21 Å². The van der Waals surface area contributed by atoms with Crippen molar-refractivity contribution in [3.8, 4) is 0 Å². The summed E-state index contributed by atoms with van der Waals surface area (Å²) >= 11 is 0. The molecule has 0 aromatic carbocycles. The van der Waals surface area contributed by atoms with Crippen molar-refractivity contribution in [2.24, 2.45) is 0 Å². The molecule has 0 bridgehead atoms. The fourth-order valence-corrected chi connectivity index (χ4v) is 1.79. The van der Waals surface area contributed by atoms with Crippen molar-refractivity contribution in [2.75, 3.05) is 0 Å². The van der Waals surface area contributed by atoms with Gasteiger partial charge in [-0.1, -0.05) is 12.2 Å². The van der Waals surface area contributed by atoms with Crippen LogP contribution in [-0.4, -0.2) is 4.21 Å². The molecule has 0 saturated carbocycles. The number of rotatable bonds is 0. The molecule has 1 unspecified atom stereocenters. The van der Waals surface area contributed by atoms with Crippen molar-refractivity contribution in [3.05, 3.63) is 34.9 Å². The Hall–Kier alpha value is -0.830. The Morgan fingerprint density at radius 3 is 3.22 bits per heavy atom. The van der Waals surface area contributed by atoms with Crippen LogP contribution in [0.1, 0.15) is 0 Å². The predicted octanol–water partition coefficient (Wildman–Crippen LogP) is 0.591. The zero-order valence-corrected chi connectivity index (χ0v) is 5.44. The van der Waals surface area contributed by atoms with Gasteiger partial charge in [0.1, 0.15) is 11.0 Å². The zero-order chi connectivity index (χ0) is 6.27. The maximum atomic E-state index is 10.9. The van der Waals surface area contributed by atoms with Crippen LogP contribution < -0.4 is 4.72 Å². The van der Waals surface area contributed by atoms with E-state index in [0.29, 0.717) is 0 Å². The van der Waals surface area contributed by atoms with Gasteiger partial charge in [-0.2, -0.15) is 0 Å². The van der Waals surface area contributed by atoms with Gasteiger partial charge in [-0.15, -0.1) is 0 Å². The van der Waals surface area contributed by atoms with Gasteiger partial charge in [0.2, 0.25) is 0 Å². The fourth-order valence-electron chi connectivity index (χ4n) is 0.886. The largest absolute Gasteiger partial charge is 0.307 e. The van der Waals surface area contributed by atoms with Crippen molar-refractivity contribution >= 4 is 11.0 Å². The molecule has 1 atom stereocenters. The van der Waals surface area contributed by atoms with Crippen LogP contribution in [0.5, 0.6) is 0 Å². The molecule has 0 aromatic rings. The second kappa shape index (κ2) is 1.57. The van der Waals surface area contributed by atoms with Gasteiger partial charge in [0.05, 0.1) is 4.91 Å². The first kappa shape index (κ1) is 4.99. The second-order valence-corrected chi connectivity index (χ2v) is 3.09. The van der Waals surface area contributed by atoms with Crippen molar-refractivity contribution in [3.63, 3.8) is 0 Å². The summed E-state index contributed by atoms with van der Waals surface area (Å²) in [7, 11) is -0.972. The highest BCUT2D eigenvalue weighted by atomic mass is 32.2. The Labute approximate surface area is 55.5 Å². The molecule has 0 aromatic heterocycles. The van der Waals surface area contributed by atoms with E-state index in [1.165, 1.54) is 0 Å². The third-order valence-electron chi connectivity index (χ3n) is 1.33. The van der Waals surface area contributed by atoms with Crippen molar-refractivity contribution in [1.29, 1.82) is 0 Å². The van der Waals surface area contributed by atoms with E-state index in [9.17, 15) is 4.21 Å². The summed E-state index contributed by atoms with van der Waals surface area (Å²) in [6.45, 7) is 0. The Kier molecular flexibility index (Phi) is 0.873. The molecule has 2 rings (SSSR count). The molecule has 2 aliphatic rings. The summed E-state index contributed by atoms with van der Waals surface area (Å²) in [6, 6.07) is 0. The molecule has 0 radical (unpaired) electrons. The van der Waals surface area contributed by atoms with Crippen molar-refractivity contribution in [1.82, 2.24) is 4.72 Å². The maximum absolute atomic E-state index is 10.9. The summed E-state index contributed by atoms with van der Waals surface area (Å²) < 4.78 is 13.6. The summed E-state index contributed by atoms with van der Waals surface area (Å²) in [5.41, 5.74) is 1.05. The van der Waals surface area contributed by atoms with E-state index in [4.69, 9.17) is 0 Å². The first-order chi connectivity index (χ1) is 4.38. The Morgan fingerprint density at radius 1 is 1.56 bits per heavy atom. The minimum Gasteiger partial charge on any atom is -0.307 e. The SMILES string of the molecule is O=S1NC=C2C=CC=C21. The first-order valence-electron chi connectivity index (χ1n) is 2.65. The van der Waals surface area contributed by atoms with E-state index >= 15 is 0 Å². The lowest BCUT2D eigenvalue weighted by molar-refractivity contribution is 0.685. The van der Waals surface area contributed by atoms with E-state index in [2.05, 4.69) is 4.72 Å².